The summed E-state index contributed by atoms with van der Waals surface area (Å²) in [5.41, 5.74) is 1.07. The lowest BCUT2D eigenvalue weighted by Gasteiger charge is -2.23. The van der Waals surface area contributed by atoms with E-state index in [4.69, 9.17) is 16.3 Å². The number of hydrogen-bond donors (Lipinski definition) is 0. The molecule has 1 saturated carbocycles. The molecule has 1 aliphatic carbocycles. The Kier molecular flexibility index (Phi) is 5.06. The van der Waals surface area contributed by atoms with E-state index >= 15 is 0 Å². The number of esters is 1. The van der Waals surface area contributed by atoms with Gasteiger partial charge < -0.3 is 4.74 Å². The largest absolute Gasteiger partial charge is 0.461 e. The van der Waals surface area contributed by atoms with Crippen LogP contribution in [0, 0.1) is 0 Å². The van der Waals surface area contributed by atoms with Crippen LogP contribution in [-0.4, -0.2) is 17.5 Å². The third kappa shape index (κ3) is 4.02. The number of carbonyl (C=O) groups excluding carboxylic acids is 1. The van der Waals surface area contributed by atoms with Crippen molar-refractivity contribution in [3.8, 4) is 0 Å². The van der Waals surface area contributed by atoms with E-state index in [1.807, 2.05) is 30.3 Å². The van der Waals surface area contributed by atoms with Crippen molar-refractivity contribution in [2.45, 2.75) is 50.0 Å². The van der Waals surface area contributed by atoms with Gasteiger partial charge in [0.25, 0.3) is 0 Å². The van der Waals surface area contributed by atoms with E-state index in [2.05, 4.69) is 0 Å². The van der Waals surface area contributed by atoms with E-state index in [-0.39, 0.29) is 12.1 Å². The molecule has 0 N–H and O–H groups in total. The molecule has 18 heavy (non-hydrogen) atoms. The molecular formula is C15H19ClO2. The van der Waals surface area contributed by atoms with Gasteiger partial charge in [0.15, 0.2) is 0 Å². The number of rotatable bonds is 4. The first-order valence-electron chi connectivity index (χ1n) is 6.64. The molecule has 98 valence electrons. The number of alkyl halides is 1. The number of hydrogen-bond acceptors (Lipinski definition) is 2. The Hall–Kier alpha value is -1.02. The van der Waals surface area contributed by atoms with Crippen molar-refractivity contribution in [1.29, 1.82) is 0 Å². The molecular weight excluding hydrogens is 248 g/mol. The third-order valence-corrected chi connectivity index (χ3v) is 3.68. The van der Waals surface area contributed by atoms with Gasteiger partial charge in [-0.1, -0.05) is 36.8 Å². The van der Waals surface area contributed by atoms with Crippen LogP contribution in [0.3, 0.4) is 0 Å². The number of halogens is 1. The zero-order chi connectivity index (χ0) is 12.8. The lowest BCUT2D eigenvalue weighted by atomic mass is 9.98. The van der Waals surface area contributed by atoms with Crippen molar-refractivity contribution in [1.82, 2.24) is 0 Å². The van der Waals surface area contributed by atoms with Crippen LogP contribution in [0.15, 0.2) is 30.3 Å². The second-order valence-electron chi connectivity index (χ2n) is 4.85. The Labute approximate surface area is 113 Å². The maximum atomic E-state index is 11.9. The van der Waals surface area contributed by atoms with Crippen molar-refractivity contribution in [2.24, 2.45) is 0 Å². The number of carbonyl (C=O) groups is 1. The minimum atomic E-state index is -0.575. The molecule has 0 saturated heterocycles. The first kappa shape index (κ1) is 13.4. The van der Waals surface area contributed by atoms with E-state index < -0.39 is 5.38 Å². The number of benzene rings is 1. The lowest BCUT2D eigenvalue weighted by molar-refractivity contribution is -0.150. The third-order valence-electron chi connectivity index (χ3n) is 3.35. The molecule has 0 spiro atoms. The van der Waals surface area contributed by atoms with E-state index in [1.54, 1.807) is 0 Å². The summed E-state index contributed by atoms with van der Waals surface area (Å²) < 4.78 is 5.45. The fraction of sp³-hybridized carbons (Fsp3) is 0.533. The normalized spacial score (nSPS) is 18.3. The van der Waals surface area contributed by atoms with Crippen LogP contribution < -0.4 is 0 Å². The molecule has 1 aliphatic rings. The van der Waals surface area contributed by atoms with Crippen molar-refractivity contribution in [2.75, 3.05) is 0 Å². The number of ether oxygens (including phenoxy) is 1. The Balaban J connectivity index is 1.81. The predicted octanol–water partition coefficient (Wildman–Crippen LogP) is 3.71. The van der Waals surface area contributed by atoms with Crippen molar-refractivity contribution in [3.05, 3.63) is 35.9 Å². The van der Waals surface area contributed by atoms with Gasteiger partial charge in [-0.15, -0.1) is 11.6 Å². The SMILES string of the molecule is O=C(OC1CCCCC1)C(Cl)Cc1ccccc1. The van der Waals surface area contributed by atoms with E-state index in [0.717, 1.165) is 31.2 Å². The van der Waals surface area contributed by atoms with Crippen LogP contribution in [-0.2, 0) is 16.0 Å². The summed E-state index contributed by atoms with van der Waals surface area (Å²) in [5, 5.41) is -0.575. The molecule has 2 rings (SSSR count). The fourth-order valence-corrected chi connectivity index (χ4v) is 2.56. The molecule has 0 bridgehead atoms. The Morgan fingerprint density at radius 1 is 1.22 bits per heavy atom. The Morgan fingerprint density at radius 3 is 2.56 bits per heavy atom. The summed E-state index contributed by atoms with van der Waals surface area (Å²) in [7, 11) is 0. The molecule has 1 fully saturated rings. The minimum absolute atomic E-state index is 0.0864. The Bertz CT molecular complexity index is 371. The zero-order valence-electron chi connectivity index (χ0n) is 10.5. The van der Waals surface area contributed by atoms with Crippen LogP contribution in [0.25, 0.3) is 0 Å². The molecule has 1 aromatic carbocycles. The van der Waals surface area contributed by atoms with Crippen molar-refractivity contribution in [3.63, 3.8) is 0 Å². The molecule has 0 amide bonds. The van der Waals surface area contributed by atoms with Crippen LogP contribution in [0.4, 0.5) is 0 Å². The quantitative estimate of drug-likeness (QED) is 0.613. The monoisotopic (exact) mass is 266 g/mol. The lowest BCUT2D eigenvalue weighted by Crippen LogP contribution is -2.27. The van der Waals surface area contributed by atoms with E-state index in [0.29, 0.717) is 6.42 Å². The van der Waals surface area contributed by atoms with Gasteiger partial charge in [0.1, 0.15) is 11.5 Å². The summed E-state index contributed by atoms with van der Waals surface area (Å²) in [4.78, 5) is 11.9. The molecule has 0 aromatic heterocycles. The van der Waals surface area contributed by atoms with Gasteiger partial charge in [-0.2, -0.15) is 0 Å². The summed E-state index contributed by atoms with van der Waals surface area (Å²) in [6.07, 6.45) is 6.16. The highest BCUT2D eigenvalue weighted by Gasteiger charge is 2.23. The van der Waals surface area contributed by atoms with Gasteiger partial charge in [0.2, 0.25) is 0 Å². The first-order chi connectivity index (χ1) is 8.75. The topological polar surface area (TPSA) is 26.3 Å². The average Bonchev–Trinajstić information content (AvgIpc) is 2.41. The fourth-order valence-electron chi connectivity index (χ4n) is 2.33. The molecule has 0 aliphatic heterocycles. The molecule has 0 radical (unpaired) electrons. The highest BCUT2D eigenvalue weighted by Crippen LogP contribution is 2.21. The van der Waals surface area contributed by atoms with Gasteiger partial charge in [-0.05, 0) is 37.7 Å². The van der Waals surface area contributed by atoms with Gasteiger partial charge in [-0.25, -0.2) is 0 Å². The van der Waals surface area contributed by atoms with Gasteiger partial charge in [0.05, 0.1) is 0 Å². The maximum Gasteiger partial charge on any atom is 0.324 e. The van der Waals surface area contributed by atoms with Gasteiger partial charge >= 0.3 is 5.97 Å². The Morgan fingerprint density at radius 2 is 1.89 bits per heavy atom. The molecule has 3 heteroatoms. The van der Waals surface area contributed by atoms with Crippen molar-refractivity contribution >= 4 is 17.6 Å². The summed E-state index contributed by atoms with van der Waals surface area (Å²) >= 11 is 6.11. The first-order valence-corrected chi connectivity index (χ1v) is 7.08. The van der Waals surface area contributed by atoms with Crippen molar-refractivity contribution < 1.29 is 9.53 Å². The smallest absolute Gasteiger partial charge is 0.324 e. The van der Waals surface area contributed by atoms with Gasteiger partial charge in [-0.3, -0.25) is 4.79 Å². The van der Waals surface area contributed by atoms with Crippen LogP contribution >= 0.6 is 11.6 Å². The standard InChI is InChI=1S/C15H19ClO2/c16-14(11-12-7-3-1-4-8-12)15(17)18-13-9-5-2-6-10-13/h1,3-4,7-8,13-14H,2,5-6,9-11H2. The van der Waals surface area contributed by atoms with Crippen LogP contribution in [0.2, 0.25) is 0 Å². The zero-order valence-corrected chi connectivity index (χ0v) is 11.2. The molecule has 1 aromatic rings. The predicted molar refractivity (Wildman–Crippen MR) is 72.8 cm³/mol. The summed E-state index contributed by atoms with van der Waals surface area (Å²) in [6, 6.07) is 9.80. The molecule has 1 unspecified atom stereocenters. The van der Waals surface area contributed by atoms with Crippen LogP contribution in [0.5, 0.6) is 0 Å². The maximum absolute atomic E-state index is 11.9. The highest BCUT2D eigenvalue weighted by molar-refractivity contribution is 6.30. The summed E-state index contributed by atoms with van der Waals surface area (Å²) in [5.74, 6) is -0.271. The minimum Gasteiger partial charge on any atom is -0.461 e. The van der Waals surface area contributed by atoms with Gasteiger partial charge in [0, 0.05) is 0 Å². The van der Waals surface area contributed by atoms with Crippen LogP contribution in [0.1, 0.15) is 37.7 Å². The molecule has 0 heterocycles. The summed E-state index contributed by atoms with van der Waals surface area (Å²) in [6.45, 7) is 0. The second-order valence-corrected chi connectivity index (χ2v) is 5.38. The average molecular weight is 267 g/mol. The highest BCUT2D eigenvalue weighted by atomic mass is 35.5. The van der Waals surface area contributed by atoms with E-state index in [1.165, 1.54) is 6.42 Å². The molecule has 1 atom stereocenters. The van der Waals surface area contributed by atoms with E-state index in [9.17, 15) is 4.79 Å². The molecule has 2 nitrogen and oxygen atoms in total. The second kappa shape index (κ2) is 6.79.